The Morgan fingerprint density at radius 2 is 2.27 bits per heavy atom. The largest absolute Gasteiger partial charge is 0.496 e. The molecule has 0 unspecified atom stereocenters. The zero-order chi connectivity index (χ0) is 8.27. The van der Waals surface area contributed by atoms with Crippen LogP contribution in [0.1, 0.15) is 5.56 Å². The quantitative estimate of drug-likeness (QED) is 0.644. The van der Waals surface area contributed by atoms with E-state index in [0.717, 1.165) is 0 Å². The molecule has 0 aliphatic heterocycles. The van der Waals surface area contributed by atoms with Crippen molar-refractivity contribution in [2.24, 2.45) is 0 Å². The van der Waals surface area contributed by atoms with Gasteiger partial charge in [0.1, 0.15) is 11.8 Å². The van der Waals surface area contributed by atoms with E-state index in [2.05, 4.69) is 12.6 Å². The summed E-state index contributed by atoms with van der Waals surface area (Å²) in [5.74, 6) is 0.632. The highest BCUT2D eigenvalue weighted by Crippen LogP contribution is 2.24. The van der Waals surface area contributed by atoms with Gasteiger partial charge in [-0.3, -0.25) is 0 Å². The number of hydrogen-bond donors (Lipinski definition) is 1. The Morgan fingerprint density at radius 1 is 1.55 bits per heavy atom. The summed E-state index contributed by atoms with van der Waals surface area (Å²) in [5.41, 5.74) is 0.535. The van der Waals surface area contributed by atoms with E-state index in [1.807, 2.05) is 6.07 Å². The molecule has 0 aromatic heterocycles. The van der Waals surface area contributed by atoms with Crippen molar-refractivity contribution >= 4 is 12.6 Å². The second-order valence-electron chi connectivity index (χ2n) is 1.97. The Morgan fingerprint density at radius 3 is 2.82 bits per heavy atom. The van der Waals surface area contributed by atoms with Gasteiger partial charge in [0.25, 0.3) is 0 Å². The summed E-state index contributed by atoms with van der Waals surface area (Å²) < 4.78 is 4.96. The fraction of sp³-hybridized carbons (Fsp3) is 0.125. The Labute approximate surface area is 70.8 Å². The van der Waals surface area contributed by atoms with Crippen molar-refractivity contribution in [2.75, 3.05) is 7.11 Å². The fourth-order valence-electron chi connectivity index (χ4n) is 0.777. The molecule has 0 saturated carbocycles. The number of rotatable bonds is 1. The molecule has 0 spiro atoms. The molecular weight excluding hydrogens is 158 g/mol. The second kappa shape index (κ2) is 3.31. The zero-order valence-electron chi connectivity index (χ0n) is 6.03. The molecule has 11 heavy (non-hydrogen) atoms. The van der Waals surface area contributed by atoms with Gasteiger partial charge in [-0.05, 0) is 12.1 Å². The van der Waals surface area contributed by atoms with Gasteiger partial charge in [0.05, 0.1) is 17.6 Å². The first kappa shape index (κ1) is 7.96. The molecule has 0 heterocycles. The summed E-state index contributed by atoms with van der Waals surface area (Å²) in [6.07, 6.45) is 0. The molecule has 0 aliphatic carbocycles. The van der Waals surface area contributed by atoms with Crippen LogP contribution < -0.4 is 4.74 Å². The lowest BCUT2D eigenvalue weighted by molar-refractivity contribution is 0.405. The molecule has 1 rings (SSSR count). The minimum absolute atomic E-state index is 0.535. The highest BCUT2D eigenvalue weighted by atomic mass is 32.1. The molecule has 0 N–H and O–H groups in total. The van der Waals surface area contributed by atoms with Crippen LogP contribution in [-0.4, -0.2) is 7.11 Å². The number of hydrogen-bond acceptors (Lipinski definition) is 3. The van der Waals surface area contributed by atoms with Crippen LogP contribution in [0.25, 0.3) is 0 Å². The SMILES string of the molecule is COc1cccc(C#N)c1S. The molecule has 2 nitrogen and oxygen atoms in total. The molecule has 1 aromatic carbocycles. The number of thiol groups is 1. The first-order chi connectivity index (χ1) is 5.29. The van der Waals surface area contributed by atoms with Gasteiger partial charge in [-0.25, -0.2) is 0 Å². The Balaban J connectivity index is 3.23. The van der Waals surface area contributed by atoms with Gasteiger partial charge in [0.2, 0.25) is 0 Å². The van der Waals surface area contributed by atoms with E-state index in [9.17, 15) is 0 Å². The predicted octanol–water partition coefficient (Wildman–Crippen LogP) is 1.86. The average Bonchev–Trinajstić information content (AvgIpc) is 2.05. The molecule has 0 atom stereocenters. The third-order valence-electron chi connectivity index (χ3n) is 1.34. The molecular formula is C8H7NOS. The van der Waals surface area contributed by atoms with Gasteiger partial charge >= 0.3 is 0 Å². The van der Waals surface area contributed by atoms with E-state index in [1.54, 1.807) is 25.3 Å². The van der Waals surface area contributed by atoms with Crippen molar-refractivity contribution in [2.45, 2.75) is 4.90 Å². The van der Waals surface area contributed by atoms with Crippen LogP contribution in [0.5, 0.6) is 5.75 Å². The molecule has 0 fully saturated rings. The van der Waals surface area contributed by atoms with Crippen molar-refractivity contribution < 1.29 is 4.74 Å². The molecule has 1 aromatic rings. The third-order valence-corrected chi connectivity index (χ3v) is 1.80. The molecule has 0 bridgehead atoms. The lowest BCUT2D eigenvalue weighted by Gasteiger charge is -2.02. The summed E-state index contributed by atoms with van der Waals surface area (Å²) >= 11 is 4.12. The minimum atomic E-state index is 0.535. The Kier molecular flexibility index (Phi) is 2.40. The van der Waals surface area contributed by atoms with Gasteiger partial charge < -0.3 is 4.74 Å². The maximum atomic E-state index is 8.58. The van der Waals surface area contributed by atoms with E-state index in [0.29, 0.717) is 16.2 Å². The number of methoxy groups -OCH3 is 1. The number of benzene rings is 1. The normalized spacial score (nSPS) is 8.82. The lowest BCUT2D eigenvalue weighted by Crippen LogP contribution is -1.86. The summed E-state index contributed by atoms with van der Waals surface area (Å²) in [5, 5.41) is 8.58. The van der Waals surface area contributed by atoms with Crippen molar-refractivity contribution in [3.63, 3.8) is 0 Å². The van der Waals surface area contributed by atoms with E-state index in [4.69, 9.17) is 10.00 Å². The minimum Gasteiger partial charge on any atom is -0.496 e. The summed E-state index contributed by atoms with van der Waals surface area (Å²) in [6, 6.07) is 7.24. The third kappa shape index (κ3) is 1.47. The van der Waals surface area contributed by atoms with E-state index in [-0.39, 0.29) is 0 Å². The number of ether oxygens (including phenoxy) is 1. The standard InChI is InChI=1S/C8H7NOS/c1-10-7-4-2-3-6(5-9)8(7)11/h2-4,11H,1H3. The molecule has 0 amide bonds. The van der Waals surface area contributed by atoms with Crippen molar-refractivity contribution in [3.05, 3.63) is 23.8 Å². The maximum Gasteiger partial charge on any atom is 0.133 e. The van der Waals surface area contributed by atoms with Crippen LogP contribution in [0.4, 0.5) is 0 Å². The van der Waals surface area contributed by atoms with Gasteiger partial charge in [0.15, 0.2) is 0 Å². The van der Waals surface area contributed by atoms with E-state index >= 15 is 0 Å². The first-order valence-electron chi connectivity index (χ1n) is 3.05. The highest BCUT2D eigenvalue weighted by molar-refractivity contribution is 7.80. The molecule has 56 valence electrons. The Bertz CT molecular complexity index is 303. The number of nitriles is 1. The van der Waals surface area contributed by atoms with Crippen LogP contribution in [0.3, 0.4) is 0 Å². The van der Waals surface area contributed by atoms with Crippen LogP contribution in [0.15, 0.2) is 23.1 Å². The van der Waals surface area contributed by atoms with Crippen LogP contribution >= 0.6 is 12.6 Å². The molecule has 0 radical (unpaired) electrons. The monoisotopic (exact) mass is 165 g/mol. The average molecular weight is 165 g/mol. The van der Waals surface area contributed by atoms with Crippen molar-refractivity contribution in [3.8, 4) is 11.8 Å². The lowest BCUT2D eigenvalue weighted by atomic mass is 10.2. The van der Waals surface area contributed by atoms with Crippen molar-refractivity contribution in [1.29, 1.82) is 5.26 Å². The van der Waals surface area contributed by atoms with Gasteiger partial charge in [-0.2, -0.15) is 5.26 Å². The highest BCUT2D eigenvalue weighted by Gasteiger charge is 2.02. The Hall–Kier alpha value is -1.14. The molecule has 3 heteroatoms. The van der Waals surface area contributed by atoms with Crippen LogP contribution in [0, 0.1) is 11.3 Å². The fourth-order valence-corrected chi connectivity index (χ4v) is 1.07. The van der Waals surface area contributed by atoms with Gasteiger partial charge in [-0.1, -0.05) is 6.07 Å². The topological polar surface area (TPSA) is 33.0 Å². The zero-order valence-corrected chi connectivity index (χ0v) is 6.93. The second-order valence-corrected chi connectivity index (χ2v) is 2.42. The van der Waals surface area contributed by atoms with Crippen LogP contribution in [-0.2, 0) is 0 Å². The summed E-state index contributed by atoms with van der Waals surface area (Å²) in [7, 11) is 1.55. The number of nitrogens with zero attached hydrogens (tertiary/aromatic N) is 1. The van der Waals surface area contributed by atoms with Crippen LogP contribution in [0.2, 0.25) is 0 Å². The van der Waals surface area contributed by atoms with E-state index < -0.39 is 0 Å². The molecule has 0 saturated heterocycles. The van der Waals surface area contributed by atoms with Gasteiger partial charge in [-0.15, -0.1) is 12.6 Å². The predicted molar refractivity (Wildman–Crippen MR) is 45.0 cm³/mol. The molecule has 0 aliphatic rings. The van der Waals surface area contributed by atoms with Crippen molar-refractivity contribution in [1.82, 2.24) is 0 Å². The smallest absolute Gasteiger partial charge is 0.133 e. The first-order valence-corrected chi connectivity index (χ1v) is 3.50. The van der Waals surface area contributed by atoms with Gasteiger partial charge in [0, 0.05) is 0 Å². The summed E-state index contributed by atoms with van der Waals surface area (Å²) in [4.78, 5) is 0.595. The van der Waals surface area contributed by atoms with E-state index in [1.165, 1.54) is 0 Å². The maximum absolute atomic E-state index is 8.58. The summed E-state index contributed by atoms with van der Waals surface area (Å²) in [6.45, 7) is 0.